The minimum absolute atomic E-state index is 0.637. The summed E-state index contributed by atoms with van der Waals surface area (Å²) in [6.45, 7) is 5.43. The third-order valence-electron chi connectivity index (χ3n) is 4.10. The predicted molar refractivity (Wildman–Crippen MR) is 70.8 cm³/mol. The van der Waals surface area contributed by atoms with E-state index in [0.717, 1.165) is 18.9 Å². The number of nitrogens with zero attached hydrogens (tertiary/aromatic N) is 2. The largest absolute Gasteiger partial charge is 0.308 e. The Labute approximate surface area is 105 Å². The fourth-order valence-corrected chi connectivity index (χ4v) is 2.80. The average Bonchev–Trinajstić information content (AvgIpc) is 2.95. The fraction of sp³-hybridized carbons (Fsp3) is 0.786. The highest BCUT2D eigenvalue weighted by Gasteiger charge is 2.21. The Balaban J connectivity index is 1.85. The van der Waals surface area contributed by atoms with Gasteiger partial charge in [0.05, 0.1) is 11.4 Å². The van der Waals surface area contributed by atoms with Crippen molar-refractivity contribution in [3.63, 3.8) is 0 Å². The summed E-state index contributed by atoms with van der Waals surface area (Å²) in [4.78, 5) is 0. The summed E-state index contributed by atoms with van der Waals surface area (Å²) < 4.78 is 2.01. The van der Waals surface area contributed by atoms with E-state index in [-0.39, 0.29) is 0 Å². The molecular formula is C14H25N3. The summed E-state index contributed by atoms with van der Waals surface area (Å²) in [5, 5.41) is 8.14. The number of rotatable bonds is 5. The van der Waals surface area contributed by atoms with E-state index in [4.69, 9.17) is 0 Å². The molecule has 0 saturated heterocycles. The molecule has 0 amide bonds. The second kappa shape index (κ2) is 5.67. The van der Waals surface area contributed by atoms with Crippen LogP contribution in [-0.2, 0) is 20.0 Å². The molecule has 3 heteroatoms. The van der Waals surface area contributed by atoms with Gasteiger partial charge in [-0.1, -0.05) is 19.8 Å². The Morgan fingerprint density at radius 2 is 2.18 bits per heavy atom. The Kier molecular flexibility index (Phi) is 4.21. The molecule has 0 bridgehead atoms. The van der Waals surface area contributed by atoms with Crippen LogP contribution in [-0.4, -0.2) is 15.8 Å². The van der Waals surface area contributed by atoms with Crippen LogP contribution in [0.25, 0.3) is 0 Å². The van der Waals surface area contributed by atoms with Gasteiger partial charge in [0, 0.05) is 19.6 Å². The molecule has 1 saturated carbocycles. The first kappa shape index (κ1) is 12.6. The third-order valence-corrected chi connectivity index (χ3v) is 4.10. The minimum atomic E-state index is 0.637. The van der Waals surface area contributed by atoms with Gasteiger partial charge < -0.3 is 5.32 Å². The standard InChI is InChI=1S/C14H25N3/c1-4-13-9-14(17(3)16-13)10-15-11(2)12-7-5-6-8-12/h9,11-12,15H,4-8,10H2,1-3H3/t11-/m0/s1. The molecule has 0 aromatic carbocycles. The molecule has 1 aromatic heterocycles. The molecule has 0 unspecified atom stereocenters. The second-order valence-corrected chi connectivity index (χ2v) is 5.32. The van der Waals surface area contributed by atoms with Crippen molar-refractivity contribution >= 4 is 0 Å². The van der Waals surface area contributed by atoms with Crippen LogP contribution in [0.15, 0.2) is 6.07 Å². The first-order chi connectivity index (χ1) is 8.20. The summed E-state index contributed by atoms with van der Waals surface area (Å²) >= 11 is 0. The van der Waals surface area contributed by atoms with Crippen molar-refractivity contribution in [1.82, 2.24) is 15.1 Å². The summed E-state index contributed by atoms with van der Waals surface area (Å²) in [6.07, 6.45) is 6.66. The number of aryl methyl sites for hydroxylation is 2. The van der Waals surface area contributed by atoms with Gasteiger partial charge in [-0.2, -0.15) is 5.10 Å². The number of aromatic nitrogens is 2. The van der Waals surface area contributed by atoms with Crippen molar-refractivity contribution in [1.29, 1.82) is 0 Å². The maximum Gasteiger partial charge on any atom is 0.0625 e. The van der Waals surface area contributed by atoms with Crippen molar-refractivity contribution in [3.8, 4) is 0 Å². The van der Waals surface area contributed by atoms with Gasteiger partial charge in [-0.15, -0.1) is 0 Å². The summed E-state index contributed by atoms with van der Waals surface area (Å²) in [6, 6.07) is 2.85. The van der Waals surface area contributed by atoms with Crippen LogP contribution >= 0.6 is 0 Å². The van der Waals surface area contributed by atoms with Crippen molar-refractivity contribution in [2.24, 2.45) is 13.0 Å². The minimum Gasteiger partial charge on any atom is -0.308 e. The highest BCUT2D eigenvalue weighted by Crippen LogP contribution is 2.27. The molecule has 96 valence electrons. The smallest absolute Gasteiger partial charge is 0.0625 e. The maximum atomic E-state index is 4.48. The SMILES string of the molecule is CCc1cc(CN[C@@H](C)C2CCCC2)n(C)n1. The van der Waals surface area contributed by atoms with Gasteiger partial charge in [0.15, 0.2) is 0 Å². The Morgan fingerprint density at radius 3 is 2.76 bits per heavy atom. The van der Waals surface area contributed by atoms with Crippen LogP contribution in [0.4, 0.5) is 0 Å². The van der Waals surface area contributed by atoms with Gasteiger partial charge in [0.2, 0.25) is 0 Å². The van der Waals surface area contributed by atoms with E-state index in [1.807, 2.05) is 11.7 Å². The Morgan fingerprint density at radius 1 is 1.47 bits per heavy atom. The summed E-state index contributed by atoms with van der Waals surface area (Å²) in [5.41, 5.74) is 2.49. The van der Waals surface area contributed by atoms with Crippen LogP contribution in [0, 0.1) is 5.92 Å². The lowest BCUT2D eigenvalue weighted by Gasteiger charge is -2.20. The lowest BCUT2D eigenvalue weighted by atomic mass is 10.00. The molecule has 1 heterocycles. The van der Waals surface area contributed by atoms with Gasteiger partial charge in [-0.3, -0.25) is 4.68 Å². The molecule has 3 nitrogen and oxygen atoms in total. The van der Waals surface area contributed by atoms with Gasteiger partial charge in [-0.05, 0) is 38.2 Å². The van der Waals surface area contributed by atoms with Gasteiger partial charge in [-0.25, -0.2) is 0 Å². The fourth-order valence-electron chi connectivity index (χ4n) is 2.80. The van der Waals surface area contributed by atoms with E-state index in [9.17, 15) is 0 Å². The van der Waals surface area contributed by atoms with Crippen LogP contribution in [0.2, 0.25) is 0 Å². The highest BCUT2D eigenvalue weighted by molar-refractivity contribution is 5.10. The topological polar surface area (TPSA) is 29.9 Å². The van der Waals surface area contributed by atoms with Crippen LogP contribution in [0.3, 0.4) is 0 Å². The summed E-state index contributed by atoms with van der Waals surface area (Å²) in [7, 11) is 2.04. The van der Waals surface area contributed by atoms with Crippen LogP contribution in [0.1, 0.15) is 50.9 Å². The summed E-state index contributed by atoms with van der Waals surface area (Å²) in [5.74, 6) is 0.883. The number of hydrogen-bond acceptors (Lipinski definition) is 2. The normalized spacial score (nSPS) is 18.8. The first-order valence-corrected chi connectivity index (χ1v) is 6.96. The molecule has 2 rings (SSSR count). The first-order valence-electron chi connectivity index (χ1n) is 6.96. The van der Waals surface area contributed by atoms with Crippen molar-refractivity contribution < 1.29 is 0 Å². The Hall–Kier alpha value is -0.830. The quantitative estimate of drug-likeness (QED) is 0.850. The van der Waals surface area contributed by atoms with Crippen molar-refractivity contribution in [2.75, 3.05) is 0 Å². The van der Waals surface area contributed by atoms with E-state index in [0.29, 0.717) is 6.04 Å². The molecule has 0 aliphatic heterocycles. The molecule has 1 aromatic rings. The maximum absolute atomic E-state index is 4.48. The third kappa shape index (κ3) is 3.09. The number of hydrogen-bond donors (Lipinski definition) is 1. The average molecular weight is 235 g/mol. The van der Waals surface area contributed by atoms with E-state index < -0.39 is 0 Å². The molecule has 0 radical (unpaired) electrons. The van der Waals surface area contributed by atoms with Gasteiger partial charge in [0.1, 0.15) is 0 Å². The molecular weight excluding hydrogens is 210 g/mol. The van der Waals surface area contributed by atoms with E-state index in [2.05, 4.69) is 30.3 Å². The second-order valence-electron chi connectivity index (χ2n) is 5.32. The zero-order valence-corrected chi connectivity index (χ0v) is 11.4. The zero-order valence-electron chi connectivity index (χ0n) is 11.4. The Bertz CT molecular complexity index is 350. The highest BCUT2D eigenvalue weighted by atomic mass is 15.3. The molecule has 1 N–H and O–H groups in total. The molecule has 1 aliphatic rings. The number of nitrogens with one attached hydrogen (secondary N) is 1. The van der Waals surface area contributed by atoms with E-state index in [1.54, 1.807) is 0 Å². The molecule has 1 atom stereocenters. The molecule has 1 fully saturated rings. The lowest BCUT2D eigenvalue weighted by Crippen LogP contribution is -2.32. The van der Waals surface area contributed by atoms with Crippen molar-refractivity contribution in [2.45, 2.75) is 58.5 Å². The monoisotopic (exact) mass is 235 g/mol. The molecule has 1 aliphatic carbocycles. The van der Waals surface area contributed by atoms with E-state index >= 15 is 0 Å². The van der Waals surface area contributed by atoms with E-state index in [1.165, 1.54) is 37.1 Å². The van der Waals surface area contributed by atoms with Gasteiger partial charge >= 0.3 is 0 Å². The van der Waals surface area contributed by atoms with Crippen molar-refractivity contribution in [3.05, 3.63) is 17.5 Å². The van der Waals surface area contributed by atoms with Gasteiger partial charge in [0.25, 0.3) is 0 Å². The lowest BCUT2D eigenvalue weighted by molar-refractivity contribution is 0.376. The van der Waals surface area contributed by atoms with Crippen LogP contribution in [0.5, 0.6) is 0 Å². The molecule has 0 spiro atoms. The van der Waals surface area contributed by atoms with Crippen LogP contribution < -0.4 is 5.32 Å². The molecule has 17 heavy (non-hydrogen) atoms. The zero-order chi connectivity index (χ0) is 12.3. The predicted octanol–water partition coefficient (Wildman–Crippen LogP) is 2.65.